The fourth-order valence-electron chi connectivity index (χ4n) is 3.70. The van der Waals surface area contributed by atoms with Crippen molar-refractivity contribution in [2.75, 3.05) is 43.8 Å². The molecule has 2 heterocycles. The molecule has 6 heteroatoms. The zero-order valence-electron chi connectivity index (χ0n) is 17.9. The lowest BCUT2D eigenvalue weighted by atomic mass is 10.0. The lowest BCUT2D eigenvalue weighted by Gasteiger charge is -2.15. The molecule has 3 rings (SSSR count). The SMILES string of the molecule is CCCCCNc1nc(C)c(Cc2ccc(OCCN3CCCC3)cc2)c(N)n1. The minimum atomic E-state index is 0.557. The largest absolute Gasteiger partial charge is 0.492 e. The summed E-state index contributed by atoms with van der Waals surface area (Å²) >= 11 is 0. The number of benzene rings is 1. The monoisotopic (exact) mass is 397 g/mol. The van der Waals surface area contributed by atoms with Gasteiger partial charge in [0.15, 0.2) is 0 Å². The molecule has 0 radical (unpaired) electrons. The van der Waals surface area contributed by atoms with Gasteiger partial charge in [0.1, 0.15) is 18.2 Å². The molecule has 0 atom stereocenters. The first-order valence-electron chi connectivity index (χ1n) is 11.0. The predicted octanol–water partition coefficient (Wildman–Crippen LogP) is 4.03. The zero-order valence-corrected chi connectivity index (χ0v) is 17.9. The fraction of sp³-hybridized carbons (Fsp3) is 0.565. The Hall–Kier alpha value is -2.34. The molecule has 0 spiro atoms. The summed E-state index contributed by atoms with van der Waals surface area (Å²) in [6.45, 7) is 9.24. The average molecular weight is 398 g/mol. The number of nitrogen functional groups attached to an aromatic ring is 1. The van der Waals surface area contributed by atoms with Gasteiger partial charge in [-0.25, -0.2) is 4.98 Å². The molecule has 1 aliphatic heterocycles. The number of nitrogens with zero attached hydrogens (tertiary/aromatic N) is 3. The van der Waals surface area contributed by atoms with E-state index in [2.05, 4.69) is 39.2 Å². The zero-order chi connectivity index (χ0) is 20.5. The highest BCUT2D eigenvalue weighted by Gasteiger charge is 2.12. The van der Waals surface area contributed by atoms with Crippen molar-refractivity contribution < 1.29 is 4.74 Å². The number of hydrogen-bond donors (Lipinski definition) is 2. The van der Waals surface area contributed by atoms with Crippen molar-refractivity contribution in [3.63, 3.8) is 0 Å². The maximum Gasteiger partial charge on any atom is 0.224 e. The van der Waals surface area contributed by atoms with Gasteiger partial charge in [0.05, 0.1) is 0 Å². The number of anilines is 2. The van der Waals surface area contributed by atoms with Crippen LogP contribution in [0.25, 0.3) is 0 Å². The van der Waals surface area contributed by atoms with Gasteiger partial charge in [0.2, 0.25) is 5.95 Å². The quantitative estimate of drug-likeness (QED) is 0.558. The summed E-state index contributed by atoms with van der Waals surface area (Å²) in [5.74, 6) is 2.10. The molecule has 0 aliphatic carbocycles. The van der Waals surface area contributed by atoms with Crippen molar-refractivity contribution in [3.05, 3.63) is 41.1 Å². The Morgan fingerprint density at radius 1 is 1.10 bits per heavy atom. The highest BCUT2D eigenvalue weighted by molar-refractivity contribution is 5.49. The number of rotatable bonds is 11. The van der Waals surface area contributed by atoms with E-state index in [1.165, 1.54) is 44.3 Å². The standard InChI is InChI=1S/C23H35N5O/c1-3-4-5-12-25-23-26-18(2)21(22(24)27-23)17-19-8-10-20(11-9-19)29-16-15-28-13-6-7-14-28/h8-11H,3-7,12-17H2,1-2H3,(H3,24,25,26,27). The van der Waals surface area contributed by atoms with Crippen molar-refractivity contribution in [3.8, 4) is 5.75 Å². The number of likely N-dealkylation sites (tertiary alicyclic amines) is 1. The third-order valence-electron chi connectivity index (χ3n) is 5.49. The van der Waals surface area contributed by atoms with Crippen LogP contribution in [0.2, 0.25) is 0 Å². The number of unbranched alkanes of at least 4 members (excludes halogenated alkanes) is 2. The second kappa shape index (κ2) is 11.0. The number of ether oxygens (including phenoxy) is 1. The Balaban J connectivity index is 1.52. The summed E-state index contributed by atoms with van der Waals surface area (Å²) in [5, 5.41) is 3.28. The van der Waals surface area contributed by atoms with E-state index >= 15 is 0 Å². The maximum absolute atomic E-state index is 6.24. The van der Waals surface area contributed by atoms with Crippen LogP contribution < -0.4 is 15.8 Å². The van der Waals surface area contributed by atoms with Crippen molar-refractivity contribution in [2.45, 2.75) is 52.4 Å². The Labute approximate surface area is 174 Å². The van der Waals surface area contributed by atoms with Crippen LogP contribution >= 0.6 is 0 Å². The van der Waals surface area contributed by atoms with E-state index in [0.717, 1.165) is 49.5 Å². The smallest absolute Gasteiger partial charge is 0.224 e. The van der Waals surface area contributed by atoms with Gasteiger partial charge < -0.3 is 15.8 Å². The van der Waals surface area contributed by atoms with Gasteiger partial charge in [0, 0.05) is 30.8 Å². The van der Waals surface area contributed by atoms with Crippen LogP contribution in [0.3, 0.4) is 0 Å². The molecule has 1 aliphatic rings. The number of aryl methyl sites for hydroxylation is 1. The van der Waals surface area contributed by atoms with Crippen molar-refractivity contribution in [1.29, 1.82) is 0 Å². The van der Waals surface area contributed by atoms with Crippen LogP contribution in [0.1, 0.15) is 55.8 Å². The number of hydrogen-bond acceptors (Lipinski definition) is 6. The Kier molecular flexibility index (Phi) is 8.11. The first kappa shape index (κ1) is 21.4. The normalized spacial score (nSPS) is 14.3. The van der Waals surface area contributed by atoms with Gasteiger partial charge >= 0.3 is 0 Å². The van der Waals surface area contributed by atoms with E-state index in [-0.39, 0.29) is 0 Å². The van der Waals surface area contributed by atoms with Gasteiger partial charge in [-0.1, -0.05) is 31.9 Å². The highest BCUT2D eigenvalue weighted by atomic mass is 16.5. The second-order valence-electron chi connectivity index (χ2n) is 7.85. The van der Waals surface area contributed by atoms with E-state index in [1.807, 2.05) is 19.1 Å². The van der Waals surface area contributed by atoms with Crippen LogP contribution in [0, 0.1) is 6.92 Å². The molecule has 0 saturated carbocycles. The van der Waals surface area contributed by atoms with Gasteiger partial charge in [0.25, 0.3) is 0 Å². The third kappa shape index (κ3) is 6.60. The second-order valence-corrected chi connectivity index (χ2v) is 7.85. The van der Waals surface area contributed by atoms with Gasteiger partial charge in [-0.15, -0.1) is 0 Å². The minimum absolute atomic E-state index is 0.557. The van der Waals surface area contributed by atoms with Crippen LogP contribution in [0.15, 0.2) is 24.3 Å². The molecular weight excluding hydrogens is 362 g/mol. The molecule has 158 valence electrons. The first-order chi connectivity index (χ1) is 14.2. The summed E-state index contributed by atoms with van der Waals surface area (Å²) in [5.41, 5.74) is 9.34. The minimum Gasteiger partial charge on any atom is -0.492 e. The van der Waals surface area contributed by atoms with Crippen molar-refractivity contribution in [1.82, 2.24) is 14.9 Å². The topological polar surface area (TPSA) is 76.3 Å². The van der Waals surface area contributed by atoms with Gasteiger partial charge in [-0.3, -0.25) is 4.90 Å². The molecule has 29 heavy (non-hydrogen) atoms. The summed E-state index contributed by atoms with van der Waals surface area (Å²) in [6, 6.07) is 8.27. The Bertz CT molecular complexity index is 733. The van der Waals surface area contributed by atoms with Crippen LogP contribution in [0.5, 0.6) is 5.75 Å². The highest BCUT2D eigenvalue weighted by Crippen LogP contribution is 2.21. The van der Waals surface area contributed by atoms with E-state index < -0.39 is 0 Å². The van der Waals surface area contributed by atoms with E-state index in [9.17, 15) is 0 Å². The van der Waals surface area contributed by atoms with E-state index in [0.29, 0.717) is 11.8 Å². The molecular formula is C23H35N5O. The molecule has 0 unspecified atom stereocenters. The first-order valence-corrected chi connectivity index (χ1v) is 11.0. The molecule has 3 N–H and O–H groups in total. The lowest BCUT2D eigenvalue weighted by molar-refractivity contribution is 0.238. The lowest BCUT2D eigenvalue weighted by Crippen LogP contribution is -2.25. The molecule has 1 aromatic heterocycles. The van der Waals surface area contributed by atoms with Gasteiger partial charge in [-0.2, -0.15) is 4.98 Å². The van der Waals surface area contributed by atoms with Crippen LogP contribution in [-0.2, 0) is 6.42 Å². The summed E-state index contributed by atoms with van der Waals surface area (Å²) in [7, 11) is 0. The molecule has 1 aromatic carbocycles. The molecule has 1 saturated heterocycles. The van der Waals surface area contributed by atoms with E-state index in [1.54, 1.807) is 0 Å². The van der Waals surface area contributed by atoms with Gasteiger partial charge in [-0.05, 0) is 57.0 Å². The average Bonchev–Trinajstić information content (AvgIpc) is 3.23. The summed E-state index contributed by atoms with van der Waals surface area (Å²) in [6.07, 6.45) is 6.88. The molecule has 6 nitrogen and oxygen atoms in total. The van der Waals surface area contributed by atoms with Crippen molar-refractivity contribution in [2.24, 2.45) is 0 Å². The summed E-state index contributed by atoms with van der Waals surface area (Å²) < 4.78 is 5.89. The van der Waals surface area contributed by atoms with Crippen LogP contribution in [-0.4, -0.2) is 47.7 Å². The molecule has 2 aromatic rings. The Morgan fingerprint density at radius 3 is 2.55 bits per heavy atom. The number of aromatic nitrogens is 2. The maximum atomic E-state index is 6.24. The fourth-order valence-corrected chi connectivity index (χ4v) is 3.70. The molecule has 0 bridgehead atoms. The summed E-state index contributed by atoms with van der Waals surface area (Å²) in [4.78, 5) is 11.5. The Morgan fingerprint density at radius 2 is 1.86 bits per heavy atom. The predicted molar refractivity (Wildman–Crippen MR) is 120 cm³/mol. The number of nitrogens with two attached hydrogens (primary N) is 1. The van der Waals surface area contributed by atoms with E-state index in [4.69, 9.17) is 10.5 Å². The molecule has 1 fully saturated rings. The molecule has 0 amide bonds. The third-order valence-corrected chi connectivity index (χ3v) is 5.49. The number of nitrogens with one attached hydrogen (secondary N) is 1. The van der Waals surface area contributed by atoms with Crippen LogP contribution in [0.4, 0.5) is 11.8 Å². The van der Waals surface area contributed by atoms with Crippen molar-refractivity contribution >= 4 is 11.8 Å².